The maximum atomic E-state index is 11.4. The minimum Gasteiger partial charge on any atom is -0.493 e. The average Bonchev–Trinajstić information content (AvgIpc) is 2.29. The summed E-state index contributed by atoms with van der Waals surface area (Å²) in [5.41, 5.74) is 0. The molecule has 0 amide bonds. The Morgan fingerprint density at radius 1 is 1.18 bits per heavy atom. The van der Waals surface area contributed by atoms with Crippen LogP contribution in [0.2, 0.25) is 0 Å². The highest BCUT2D eigenvalue weighted by Gasteiger charge is 2.09. The van der Waals surface area contributed by atoms with Gasteiger partial charge in [-0.1, -0.05) is 12.1 Å². The van der Waals surface area contributed by atoms with Crippen LogP contribution in [0.3, 0.4) is 0 Å². The van der Waals surface area contributed by atoms with E-state index in [0.29, 0.717) is 17.9 Å². The summed E-state index contributed by atoms with van der Waals surface area (Å²) < 4.78 is 10.1. The predicted octanol–water partition coefficient (Wildman–Crippen LogP) is 2.54. The molecule has 0 fully saturated rings. The zero-order chi connectivity index (χ0) is 12.7. The summed E-state index contributed by atoms with van der Waals surface area (Å²) in [6.07, 6.45) is 0.704. The van der Waals surface area contributed by atoms with Gasteiger partial charge >= 0.3 is 5.97 Å². The molecule has 4 nitrogen and oxygen atoms in total. The standard InChI is InChI=1S/C12H13ClO4/c1-16-9-5-2-3-6-10(9)17-12(15)8-4-7-11(13)14/h2-3,5-6H,4,7-8H2,1H3. The van der Waals surface area contributed by atoms with E-state index in [0.717, 1.165) is 0 Å². The first-order valence-corrected chi connectivity index (χ1v) is 5.53. The van der Waals surface area contributed by atoms with Gasteiger partial charge in [0.2, 0.25) is 5.24 Å². The van der Waals surface area contributed by atoms with Gasteiger partial charge < -0.3 is 9.47 Å². The van der Waals surface area contributed by atoms with Crippen molar-refractivity contribution in [3.05, 3.63) is 24.3 Å². The van der Waals surface area contributed by atoms with Crippen LogP contribution in [0.4, 0.5) is 0 Å². The number of carbonyl (C=O) groups is 2. The number of esters is 1. The lowest BCUT2D eigenvalue weighted by atomic mass is 10.2. The second-order valence-corrected chi connectivity index (χ2v) is 3.76. The van der Waals surface area contributed by atoms with Crippen molar-refractivity contribution in [2.75, 3.05) is 7.11 Å². The van der Waals surface area contributed by atoms with Crippen molar-refractivity contribution in [2.45, 2.75) is 19.3 Å². The Bertz CT molecular complexity index is 403. The molecule has 5 heteroatoms. The lowest BCUT2D eigenvalue weighted by Gasteiger charge is -2.08. The topological polar surface area (TPSA) is 52.6 Å². The lowest BCUT2D eigenvalue weighted by Crippen LogP contribution is -2.08. The Balaban J connectivity index is 2.47. The number of rotatable bonds is 6. The number of carbonyl (C=O) groups excluding carboxylic acids is 2. The smallest absolute Gasteiger partial charge is 0.311 e. The van der Waals surface area contributed by atoms with E-state index < -0.39 is 11.2 Å². The highest BCUT2D eigenvalue weighted by atomic mass is 35.5. The Morgan fingerprint density at radius 3 is 2.41 bits per heavy atom. The van der Waals surface area contributed by atoms with Gasteiger partial charge in [-0.25, -0.2) is 0 Å². The van der Waals surface area contributed by atoms with Crippen molar-refractivity contribution in [3.63, 3.8) is 0 Å². The van der Waals surface area contributed by atoms with E-state index in [2.05, 4.69) is 0 Å². The Labute approximate surface area is 104 Å². The number of benzene rings is 1. The second-order valence-electron chi connectivity index (χ2n) is 3.33. The molecule has 92 valence electrons. The van der Waals surface area contributed by atoms with Crippen LogP contribution >= 0.6 is 11.6 Å². The first-order valence-electron chi connectivity index (χ1n) is 5.15. The molecule has 0 bridgehead atoms. The zero-order valence-electron chi connectivity index (χ0n) is 9.44. The minimum absolute atomic E-state index is 0.149. The summed E-state index contributed by atoms with van der Waals surface area (Å²) in [5, 5.41) is -0.449. The number of hydrogen-bond acceptors (Lipinski definition) is 4. The zero-order valence-corrected chi connectivity index (χ0v) is 10.2. The molecule has 1 aromatic rings. The molecule has 0 saturated heterocycles. The highest BCUT2D eigenvalue weighted by molar-refractivity contribution is 6.63. The highest BCUT2D eigenvalue weighted by Crippen LogP contribution is 2.26. The molecule has 0 radical (unpaired) electrons. The van der Waals surface area contributed by atoms with E-state index in [9.17, 15) is 9.59 Å². The number of ether oxygens (including phenoxy) is 2. The largest absolute Gasteiger partial charge is 0.493 e. The van der Waals surface area contributed by atoms with Crippen LogP contribution in [-0.4, -0.2) is 18.3 Å². The average molecular weight is 257 g/mol. The molecule has 0 spiro atoms. The van der Waals surface area contributed by atoms with Crippen molar-refractivity contribution >= 4 is 22.8 Å². The Hall–Kier alpha value is -1.55. The molecule has 0 aliphatic carbocycles. The molecule has 0 saturated carbocycles. The van der Waals surface area contributed by atoms with Gasteiger partial charge in [-0.3, -0.25) is 9.59 Å². The molecule has 0 atom stereocenters. The van der Waals surface area contributed by atoms with Crippen molar-refractivity contribution in [2.24, 2.45) is 0 Å². The van der Waals surface area contributed by atoms with Crippen LogP contribution in [-0.2, 0) is 9.59 Å². The van der Waals surface area contributed by atoms with Crippen LogP contribution in [0.1, 0.15) is 19.3 Å². The molecule has 17 heavy (non-hydrogen) atoms. The van der Waals surface area contributed by atoms with Crippen LogP contribution in [0.25, 0.3) is 0 Å². The van der Waals surface area contributed by atoms with Gasteiger partial charge in [0.15, 0.2) is 11.5 Å². The molecular formula is C12H13ClO4. The molecule has 0 N–H and O–H groups in total. The number of methoxy groups -OCH3 is 1. The van der Waals surface area contributed by atoms with Crippen molar-refractivity contribution in [1.29, 1.82) is 0 Å². The fourth-order valence-electron chi connectivity index (χ4n) is 1.25. The van der Waals surface area contributed by atoms with E-state index in [1.807, 2.05) is 0 Å². The van der Waals surface area contributed by atoms with Gasteiger partial charge in [-0.15, -0.1) is 0 Å². The van der Waals surface area contributed by atoms with Crippen molar-refractivity contribution < 1.29 is 19.1 Å². The normalized spacial score (nSPS) is 9.76. The SMILES string of the molecule is COc1ccccc1OC(=O)CCCC(=O)Cl. The van der Waals surface area contributed by atoms with Gasteiger partial charge in [0.1, 0.15) is 0 Å². The number of hydrogen-bond donors (Lipinski definition) is 0. The Morgan fingerprint density at radius 2 is 1.82 bits per heavy atom. The van der Waals surface area contributed by atoms with E-state index in [4.69, 9.17) is 21.1 Å². The van der Waals surface area contributed by atoms with Crippen LogP contribution in [0.5, 0.6) is 11.5 Å². The first-order chi connectivity index (χ1) is 8.13. The third kappa shape index (κ3) is 4.87. The molecule has 1 aromatic carbocycles. The van der Waals surface area contributed by atoms with Crippen molar-refractivity contribution in [1.82, 2.24) is 0 Å². The van der Waals surface area contributed by atoms with Gasteiger partial charge in [-0.05, 0) is 30.2 Å². The van der Waals surface area contributed by atoms with E-state index in [-0.39, 0.29) is 12.8 Å². The predicted molar refractivity (Wildman–Crippen MR) is 63.3 cm³/mol. The minimum atomic E-state index is -0.449. The molecule has 0 aliphatic heterocycles. The van der Waals surface area contributed by atoms with Crippen molar-refractivity contribution in [3.8, 4) is 11.5 Å². The molecule has 0 aliphatic rings. The monoisotopic (exact) mass is 256 g/mol. The molecule has 0 unspecified atom stereocenters. The van der Waals surface area contributed by atoms with Crippen LogP contribution in [0, 0.1) is 0 Å². The summed E-state index contributed by atoms with van der Waals surface area (Å²) in [5.74, 6) is 0.457. The Kier molecular flexibility index (Phi) is 5.49. The van der Waals surface area contributed by atoms with Gasteiger partial charge in [0.05, 0.1) is 7.11 Å². The maximum absolute atomic E-state index is 11.4. The second kappa shape index (κ2) is 6.91. The fourth-order valence-corrected chi connectivity index (χ4v) is 1.38. The summed E-state index contributed by atoms with van der Waals surface area (Å²) in [6.45, 7) is 0. The number of para-hydroxylation sites is 2. The van der Waals surface area contributed by atoms with E-state index in [1.54, 1.807) is 24.3 Å². The summed E-state index contributed by atoms with van der Waals surface area (Å²) in [7, 11) is 1.50. The number of halogens is 1. The van der Waals surface area contributed by atoms with E-state index in [1.165, 1.54) is 7.11 Å². The van der Waals surface area contributed by atoms with Crippen LogP contribution in [0.15, 0.2) is 24.3 Å². The molecule has 1 rings (SSSR count). The van der Waals surface area contributed by atoms with E-state index >= 15 is 0 Å². The molecule has 0 aromatic heterocycles. The van der Waals surface area contributed by atoms with Crippen LogP contribution < -0.4 is 9.47 Å². The third-order valence-corrected chi connectivity index (χ3v) is 2.24. The summed E-state index contributed by atoms with van der Waals surface area (Å²) >= 11 is 5.16. The quantitative estimate of drug-likeness (QED) is 0.446. The summed E-state index contributed by atoms with van der Waals surface area (Å²) in [4.78, 5) is 21.9. The van der Waals surface area contributed by atoms with Gasteiger partial charge in [-0.2, -0.15) is 0 Å². The van der Waals surface area contributed by atoms with Gasteiger partial charge in [0, 0.05) is 12.8 Å². The molecular weight excluding hydrogens is 244 g/mol. The lowest BCUT2D eigenvalue weighted by molar-refractivity contribution is -0.134. The van der Waals surface area contributed by atoms with Gasteiger partial charge in [0.25, 0.3) is 0 Å². The maximum Gasteiger partial charge on any atom is 0.311 e. The third-order valence-electron chi connectivity index (χ3n) is 2.05. The summed E-state index contributed by atoms with van der Waals surface area (Å²) in [6, 6.07) is 6.87. The molecule has 0 heterocycles. The fraction of sp³-hybridized carbons (Fsp3) is 0.333. The first kappa shape index (κ1) is 13.5.